The standard InChI is InChI=1S/C4H7NO2.BrH/c5-3-1-4(6)7-2-3;/h3H,1-2,5H2;1H/t3-;/m1./s1. The molecule has 48 valence electrons. The van der Waals surface area contributed by atoms with Crippen molar-refractivity contribution in [3.05, 3.63) is 0 Å². The predicted molar refractivity (Wildman–Crippen MR) is 33.9 cm³/mol. The van der Waals surface area contributed by atoms with Gasteiger partial charge in [-0.25, -0.2) is 0 Å². The van der Waals surface area contributed by atoms with Crippen LogP contribution in [0.2, 0.25) is 0 Å². The molecule has 0 aromatic rings. The minimum absolute atomic E-state index is 0. The lowest BCUT2D eigenvalue weighted by Gasteiger charge is -1.88. The van der Waals surface area contributed by atoms with Gasteiger partial charge in [-0.15, -0.1) is 17.0 Å². The molecule has 4 heteroatoms. The molecular weight excluding hydrogens is 174 g/mol. The van der Waals surface area contributed by atoms with Crippen molar-refractivity contribution in [3.8, 4) is 0 Å². The molecule has 1 heterocycles. The maximum absolute atomic E-state index is 10.2. The quantitative estimate of drug-likeness (QED) is 0.529. The molecule has 1 fully saturated rings. The Morgan fingerprint density at radius 1 is 1.75 bits per heavy atom. The van der Waals surface area contributed by atoms with Gasteiger partial charge in [-0.05, 0) is 0 Å². The summed E-state index contributed by atoms with van der Waals surface area (Å²) in [6.45, 7) is 0.402. The summed E-state index contributed by atoms with van der Waals surface area (Å²) in [5, 5.41) is 0. The van der Waals surface area contributed by atoms with E-state index >= 15 is 0 Å². The first-order valence-corrected chi connectivity index (χ1v) is 2.20. The third-order valence-corrected chi connectivity index (χ3v) is 0.887. The van der Waals surface area contributed by atoms with Gasteiger partial charge >= 0.3 is 5.97 Å². The Balaban J connectivity index is 0.000000490. The van der Waals surface area contributed by atoms with Crippen molar-refractivity contribution in [2.24, 2.45) is 5.73 Å². The van der Waals surface area contributed by atoms with Gasteiger partial charge in [-0.2, -0.15) is 0 Å². The molecule has 0 aliphatic carbocycles. The van der Waals surface area contributed by atoms with Crippen LogP contribution >= 0.6 is 17.0 Å². The highest BCUT2D eigenvalue weighted by molar-refractivity contribution is 8.93. The summed E-state index contributed by atoms with van der Waals surface area (Å²) in [5.41, 5.74) is 5.28. The van der Waals surface area contributed by atoms with Crippen molar-refractivity contribution < 1.29 is 9.53 Å². The van der Waals surface area contributed by atoms with Crippen LogP contribution in [-0.2, 0) is 9.53 Å². The van der Waals surface area contributed by atoms with Gasteiger partial charge in [0.1, 0.15) is 6.61 Å². The number of nitrogens with two attached hydrogens (primary N) is 1. The highest BCUT2D eigenvalue weighted by Gasteiger charge is 2.18. The molecule has 1 aliphatic rings. The zero-order valence-electron chi connectivity index (χ0n) is 4.29. The number of hydrogen-bond acceptors (Lipinski definition) is 3. The first-order chi connectivity index (χ1) is 3.29. The van der Waals surface area contributed by atoms with Crippen molar-refractivity contribution >= 4 is 23.0 Å². The minimum atomic E-state index is -0.174. The zero-order valence-corrected chi connectivity index (χ0v) is 6.01. The molecule has 0 aromatic carbocycles. The molecule has 3 nitrogen and oxygen atoms in total. The number of cyclic esters (lactones) is 1. The Kier molecular flexibility index (Phi) is 3.01. The summed E-state index contributed by atoms with van der Waals surface area (Å²) in [7, 11) is 0. The molecule has 1 aliphatic heterocycles. The molecule has 1 saturated heterocycles. The van der Waals surface area contributed by atoms with Crippen molar-refractivity contribution in [2.45, 2.75) is 12.5 Å². The van der Waals surface area contributed by atoms with Gasteiger partial charge in [-0.3, -0.25) is 4.79 Å². The number of hydrogen-bond donors (Lipinski definition) is 1. The summed E-state index contributed by atoms with van der Waals surface area (Å²) < 4.78 is 4.50. The number of carbonyl (C=O) groups excluding carboxylic acids is 1. The first-order valence-electron chi connectivity index (χ1n) is 2.20. The molecule has 0 spiro atoms. The van der Waals surface area contributed by atoms with Crippen LogP contribution in [0.4, 0.5) is 0 Å². The van der Waals surface area contributed by atoms with Crippen LogP contribution in [0.1, 0.15) is 6.42 Å². The fourth-order valence-corrected chi connectivity index (χ4v) is 0.532. The van der Waals surface area contributed by atoms with E-state index in [1.165, 1.54) is 0 Å². The first kappa shape index (κ1) is 7.91. The fourth-order valence-electron chi connectivity index (χ4n) is 0.532. The summed E-state index contributed by atoms with van der Waals surface area (Å²) in [6, 6.07) is -0.0486. The van der Waals surface area contributed by atoms with Crippen LogP contribution in [0, 0.1) is 0 Å². The molecule has 0 saturated carbocycles. The molecule has 8 heavy (non-hydrogen) atoms. The largest absolute Gasteiger partial charge is 0.464 e. The van der Waals surface area contributed by atoms with Gasteiger partial charge in [0.25, 0.3) is 0 Å². The highest BCUT2D eigenvalue weighted by atomic mass is 79.9. The molecule has 0 radical (unpaired) electrons. The number of rotatable bonds is 0. The average molecular weight is 182 g/mol. The lowest BCUT2D eigenvalue weighted by molar-refractivity contribution is -0.137. The van der Waals surface area contributed by atoms with E-state index in [1.807, 2.05) is 0 Å². The maximum atomic E-state index is 10.2. The van der Waals surface area contributed by atoms with Crippen LogP contribution in [-0.4, -0.2) is 18.6 Å². The number of esters is 1. The van der Waals surface area contributed by atoms with E-state index in [1.54, 1.807) is 0 Å². The second kappa shape index (κ2) is 3.04. The van der Waals surface area contributed by atoms with Gasteiger partial charge in [0.2, 0.25) is 0 Å². The summed E-state index contributed by atoms with van der Waals surface area (Å²) in [4.78, 5) is 10.2. The van der Waals surface area contributed by atoms with E-state index in [0.29, 0.717) is 13.0 Å². The van der Waals surface area contributed by atoms with Crippen molar-refractivity contribution in [3.63, 3.8) is 0 Å². The molecule has 1 atom stereocenters. The lowest BCUT2D eigenvalue weighted by atomic mass is 10.3. The highest BCUT2D eigenvalue weighted by Crippen LogP contribution is 2.00. The molecule has 0 amide bonds. The lowest BCUT2D eigenvalue weighted by Crippen LogP contribution is -2.18. The van der Waals surface area contributed by atoms with E-state index in [4.69, 9.17) is 5.73 Å². The molecule has 0 unspecified atom stereocenters. The van der Waals surface area contributed by atoms with Gasteiger partial charge in [0, 0.05) is 6.04 Å². The molecule has 1 rings (SSSR count). The molecule has 2 N–H and O–H groups in total. The molecule has 0 aromatic heterocycles. The SMILES string of the molecule is Br.N[C@H]1COC(=O)C1. The van der Waals surface area contributed by atoms with Crippen molar-refractivity contribution in [1.29, 1.82) is 0 Å². The van der Waals surface area contributed by atoms with E-state index in [0.717, 1.165) is 0 Å². The normalized spacial score (nSPS) is 26.6. The number of ether oxygens (including phenoxy) is 1. The zero-order chi connectivity index (χ0) is 5.28. The fraction of sp³-hybridized carbons (Fsp3) is 0.750. The van der Waals surface area contributed by atoms with E-state index in [-0.39, 0.29) is 29.0 Å². The summed E-state index contributed by atoms with van der Waals surface area (Å²) in [6.07, 6.45) is 0.389. The Hall–Kier alpha value is -0.0900. The third-order valence-electron chi connectivity index (χ3n) is 0.887. The smallest absolute Gasteiger partial charge is 0.307 e. The predicted octanol–water partition coefficient (Wildman–Crippen LogP) is -0.161. The minimum Gasteiger partial charge on any atom is -0.464 e. The topological polar surface area (TPSA) is 52.3 Å². The number of halogens is 1. The third kappa shape index (κ3) is 1.79. The van der Waals surface area contributed by atoms with E-state index in [2.05, 4.69) is 4.74 Å². The molecular formula is C4H8BrNO2. The number of carbonyl (C=O) groups is 1. The van der Waals surface area contributed by atoms with Crippen LogP contribution in [0.3, 0.4) is 0 Å². The Bertz CT molecular complexity index is 96.0. The van der Waals surface area contributed by atoms with Crippen LogP contribution in [0.25, 0.3) is 0 Å². The monoisotopic (exact) mass is 181 g/mol. The van der Waals surface area contributed by atoms with Gasteiger partial charge < -0.3 is 10.5 Å². The van der Waals surface area contributed by atoms with Gasteiger partial charge in [0.05, 0.1) is 6.42 Å². The van der Waals surface area contributed by atoms with Crippen LogP contribution in [0.5, 0.6) is 0 Å². The Morgan fingerprint density at radius 2 is 2.38 bits per heavy atom. The Labute approximate surface area is 58.0 Å². The van der Waals surface area contributed by atoms with Crippen molar-refractivity contribution in [1.82, 2.24) is 0 Å². The van der Waals surface area contributed by atoms with E-state index < -0.39 is 0 Å². The van der Waals surface area contributed by atoms with Gasteiger partial charge in [0.15, 0.2) is 0 Å². The second-order valence-electron chi connectivity index (χ2n) is 1.65. The molecule has 0 bridgehead atoms. The Morgan fingerprint density at radius 3 is 2.50 bits per heavy atom. The van der Waals surface area contributed by atoms with Gasteiger partial charge in [-0.1, -0.05) is 0 Å². The summed E-state index contributed by atoms with van der Waals surface area (Å²) >= 11 is 0. The second-order valence-corrected chi connectivity index (χ2v) is 1.65. The summed E-state index contributed by atoms with van der Waals surface area (Å²) in [5.74, 6) is -0.174. The van der Waals surface area contributed by atoms with E-state index in [9.17, 15) is 4.79 Å². The maximum Gasteiger partial charge on any atom is 0.307 e. The average Bonchev–Trinajstić information content (AvgIpc) is 1.87. The van der Waals surface area contributed by atoms with Crippen molar-refractivity contribution in [2.75, 3.05) is 6.61 Å². The van der Waals surface area contributed by atoms with Crippen LogP contribution < -0.4 is 5.73 Å². The van der Waals surface area contributed by atoms with Crippen LogP contribution in [0.15, 0.2) is 0 Å².